The normalized spacial score (nSPS) is 11.8. The number of hydrogen-bond donors (Lipinski definition) is 1. The quantitative estimate of drug-likeness (QED) is 0.907. The van der Waals surface area contributed by atoms with Gasteiger partial charge in [0.1, 0.15) is 0 Å². The molecule has 0 atom stereocenters. The van der Waals surface area contributed by atoms with Crippen LogP contribution in [0.5, 0.6) is 0 Å². The molecule has 1 heterocycles. The monoisotopic (exact) mass is 341 g/mol. The molecule has 1 aromatic heterocycles. The Morgan fingerprint density at radius 1 is 1.37 bits per heavy atom. The number of halogens is 2. The first-order valence-electron chi connectivity index (χ1n) is 6.08. The van der Waals surface area contributed by atoms with Gasteiger partial charge in [-0.2, -0.15) is 0 Å². The van der Waals surface area contributed by atoms with Crippen LogP contribution in [-0.2, 0) is 6.54 Å². The van der Waals surface area contributed by atoms with E-state index in [0.717, 1.165) is 22.4 Å². The summed E-state index contributed by atoms with van der Waals surface area (Å²) in [5.41, 5.74) is 2.24. The predicted octanol–water partition coefficient (Wildman–Crippen LogP) is 4.18. The molecule has 5 heteroatoms. The van der Waals surface area contributed by atoms with Gasteiger partial charge in [-0.3, -0.25) is 0 Å². The number of aromatic nitrogens is 2. The highest BCUT2D eigenvalue weighted by Crippen LogP contribution is 2.25. The number of rotatable bonds is 3. The van der Waals surface area contributed by atoms with Crippen molar-refractivity contribution in [2.45, 2.75) is 32.9 Å². The Labute approximate surface area is 127 Å². The molecule has 1 N–H and O–H groups in total. The molecule has 0 fully saturated rings. The Morgan fingerprint density at radius 2 is 2.11 bits per heavy atom. The summed E-state index contributed by atoms with van der Waals surface area (Å²) < 4.78 is 2.94. The van der Waals surface area contributed by atoms with Gasteiger partial charge >= 0.3 is 0 Å². The van der Waals surface area contributed by atoms with Crippen molar-refractivity contribution in [2.24, 2.45) is 0 Å². The minimum atomic E-state index is 0.0790. The molecule has 0 unspecified atom stereocenters. The highest BCUT2D eigenvalue weighted by Gasteiger charge is 2.11. The molecule has 2 aromatic rings. The summed E-state index contributed by atoms with van der Waals surface area (Å²) in [6.07, 6.45) is 3.69. The number of benzene rings is 1. The number of nitrogens with zero attached hydrogens (tertiary/aromatic N) is 2. The lowest BCUT2D eigenvalue weighted by Gasteiger charge is -2.21. The maximum atomic E-state index is 6.02. The topological polar surface area (TPSA) is 29.9 Å². The van der Waals surface area contributed by atoms with Crippen LogP contribution in [0.25, 0.3) is 5.69 Å². The third-order valence-electron chi connectivity index (χ3n) is 2.70. The zero-order valence-electron chi connectivity index (χ0n) is 11.2. The van der Waals surface area contributed by atoms with Crippen LogP contribution in [0.15, 0.2) is 35.2 Å². The summed E-state index contributed by atoms with van der Waals surface area (Å²) in [7, 11) is 0. The standard InChI is InChI=1S/C14H17BrClN3/c1-14(2,3)18-8-11-7-17-9-19(11)10-4-5-13(16)12(15)6-10/h4-7,9,18H,8H2,1-3H3. The van der Waals surface area contributed by atoms with Crippen LogP contribution in [0.2, 0.25) is 5.02 Å². The lowest BCUT2D eigenvalue weighted by atomic mass is 10.1. The number of hydrogen-bond acceptors (Lipinski definition) is 2. The molecular weight excluding hydrogens is 326 g/mol. The molecule has 0 aliphatic heterocycles. The van der Waals surface area contributed by atoms with Crippen molar-refractivity contribution in [1.29, 1.82) is 0 Å². The average Bonchev–Trinajstić information content (AvgIpc) is 2.77. The van der Waals surface area contributed by atoms with Gasteiger partial charge in [-0.1, -0.05) is 11.6 Å². The Kier molecular flexibility index (Phi) is 4.33. The van der Waals surface area contributed by atoms with Gasteiger partial charge in [0.2, 0.25) is 0 Å². The van der Waals surface area contributed by atoms with E-state index in [9.17, 15) is 0 Å². The molecule has 0 aliphatic rings. The summed E-state index contributed by atoms with van der Waals surface area (Å²) in [5.74, 6) is 0. The van der Waals surface area contributed by atoms with Gasteiger partial charge in [0, 0.05) is 28.4 Å². The summed E-state index contributed by atoms with van der Waals surface area (Å²) in [4.78, 5) is 4.23. The van der Waals surface area contributed by atoms with Gasteiger partial charge in [0.25, 0.3) is 0 Å². The molecule has 0 radical (unpaired) electrons. The highest BCUT2D eigenvalue weighted by molar-refractivity contribution is 9.10. The van der Waals surface area contributed by atoms with Crippen LogP contribution in [0.3, 0.4) is 0 Å². The van der Waals surface area contributed by atoms with E-state index in [1.54, 1.807) is 0 Å². The van der Waals surface area contributed by atoms with Crippen molar-refractivity contribution < 1.29 is 0 Å². The van der Waals surface area contributed by atoms with Gasteiger partial charge < -0.3 is 9.88 Å². The van der Waals surface area contributed by atoms with E-state index in [4.69, 9.17) is 11.6 Å². The molecule has 0 saturated heterocycles. The van der Waals surface area contributed by atoms with Gasteiger partial charge in [0.15, 0.2) is 0 Å². The average molecular weight is 343 g/mol. The smallest absolute Gasteiger partial charge is 0.0994 e. The summed E-state index contributed by atoms with van der Waals surface area (Å²) in [5, 5.41) is 4.17. The first-order valence-corrected chi connectivity index (χ1v) is 7.25. The second-order valence-electron chi connectivity index (χ2n) is 5.46. The molecule has 0 saturated carbocycles. The van der Waals surface area contributed by atoms with Crippen LogP contribution >= 0.6 is 27.5 Å². The Hall–Kier alpha value is -0.840. The largest absolute Gasteiger partial charge is 0.306 e. The van der Waals surface area contributed by atoms with E-state index in [0.29, 0.717) is 5.02 Å². The summed E-state index contributed by atoms with van der Waals surface area (Å²) >= 11 is 9.46. The Bertz CT molecular complexity index is 572. The summed E-state index contributed by atoms with van der Waals surface area (Å²) in [6.45, 7) is 7.20. The predicted molar refractivity (Wildman–Crippen MR) is 82.9 cm³/mol. The van der Waals surface area contributed by atoms with Gasteiger partial charge in [-0.15, -0.1) is 0 Å². The zero-order valence-corrected chi connectivity index (χ0v) is 13.6. The molecule has 19 heavy (non-hydrogen) atoms. The lowest BCUT2D eigenvalue weighted by Crippen LogP contribution is -2.35. The third-order valence-corrected chi connectivity index (χ3v) is 3.91. The fourth-order valence-corrected chi connectivity index (χ4v) is 2.16. The van der Waals surface area contributed by atoms with Crippen molar-refractivity contribution in [2.75, 3.05) is 0 Å². The minimum absolute atomic E-state index is 0.0790. The highest BCUT2D eigenvalue weighted by atomic mass is 79.9. The van der Waals surface area contributed by atoms with E-state index in [1.807, 2.05) is 30.7 Å². The first kappa shape index (κ1) is 14.6. The lowest BCUT2D eigenvalue weighted by molar-refractivity contribution is 0.419. The fraction of sp³-hybridized carbons (Fsp3) is 0.357. The molecule has 2 rings (SSSR count). The zero-order chi connectivity index (χ0) is 14.0. The van der Waals surface area contributed by atoms with Gasteiger partial charge in [-0.05, 0) is 54.9 Å². The molecule has 102 valence electrons. The molecular formula is C14H17BrClN3. The maximum Gasteiger partial charge on any atom is 0.0994 e. The Balaban J connectivity index is 2.26. The molecule has 1 aromatic carbocycles. The molecule has 0 amide bonds. The van der Waals surface area contributed by atoms with Gasteiger partial charge in [0.05, 0.1) is 17.0 Å². The van der Waals surface area contributed by atoms with Crippen molar-refractivity contribution in [3.8, 4) is 5.69 Å². The van der Waals surface area contributed by atoms with E-state index < -0.39 is 0 Å². The Morgan fingerprint density at radius 3 is 2.74 bits per heavy atom. The number of imidazole rings is 1. The third kappa shape index (κ3) is 3.81. The minimum Gasteiger partial charge on any atom is -0.306 e. The van der Waals surface area contributed by atoms with E-state index >= 15 is 0 Å². The second-order valence-corrected chi connectivity index (χ2v) is 6.72. The van der Waals surface area contributed by atoms with Gasteiger partial charge in [-0.25, -0.2) is 4.98 Å². The van der Waals surface area contributed by atoms with Crippen molar-refractivity contribution >= 4 is 27.5 Å². The first-order chi connectivity index (χ1) is 8.87. The summed E-state index contributed by atoms with van der Waals surface area (Å²) in [6, 6.07) is 5.85. The van der Waals surface area contributed by atoms with Crippen LogP contribution in [-0.4, -0.2) is 15.1 Å². The maximum absolute atomic E-state index is 6.02. The van der Waals surface area contributed by atoms with E-state index in [2.05, 4.69) is 51.6 Å². The molecule has 0 aliphatic carbocycles. The van der Waals surface area contributed by atoms with Crippen LogP contribution in [0.1, 0.15) is 26.5 Å². The van der Waals surface area contributed by atoms with Crippen LogP contribution in [0.4, 0.5) is 0 Å². The van der Waals surface area contributed by atoms with Crippen LogP contribution < -0.4 is 5.32 Å². The fourth-order valence-electron chi connectivity index (χ4n) is 1.68. The van der Waals surface area contributed by atoms with Crippen molar-refractivity contribution in [3.05, 3.63) is 45.9 Å². The van der Waals surface area contributed by atoms with E-state index in [1.165, 1.54) is 0 Å². The number of nitrogens with one attached hydrogen (secondary N) is 1. The second kappa shape index (κ2) is 5.65. The van der Waals surface area contributed by atoms with Crippen molar-refractivity contribution in [1.82, 2.24) is 14.9 Å². The molecule has 0 spiro atoms. The van der Waals surface area contributed by atoms with Crippen LogP contribution in [0, 0.1) is 0 Å². The SMILES string of the molecule is CC(C)(C)NCc1cncn1-c1ccc(Cl)c(Br)c1. The van der Waals surface area contributed by atoms with E-state index in [-0.39, 0.29) is 5.54 Å². The van der Waals surface area contributed by atoms with Crippen molar-refractivity contribution in [3.63, 3.8) is 0 Å². The molecule has 3 nitrogen and oxygen atoms in total. The molecule has 0 bridgehead atoms.